The van der Waals surface area contributed by atoms with Gasteiger partial charge in [0.05, 0.1) is 21.2 Å². The number of ketones is 1. The fourth-order valence-electron chi connectivity index (χ4n) is 3.67. The third-order valence-corrected chi connectivity index (χ3v) is 8.50. The highest BCUT2D eigenvalue weighted by Gasteiger charge is 2.29. The Kier molecular flexibility index (Phi) is 5.79. The van der Waals surface area contributed by atoms with Crippen molar-refractivity contribution >= 4 is 37.2 Å². The van der Waals surface area contributed by atoms with Gasteiger partial charge < -0.3 is 0 Å². The first-order valence-electron chi connectivity index (χ1n) is 10.0. The quantitative estimate of drug-likeness (QED) is 0.552. The van der Waals surface area contributed by atoms with Crippen LogP contribution < -0.4 is 9.03 Å². The van der Waals surface area contributed by atoms with E-state index < -0.39 is 20.0 Å². The van der Waals surface area contributed by atoms with Crippen LogP contribution in [0.1, 0.15) is 29.3 Å². The van der Waals surface area contributed by atoms with E-state index in [1.165, 1.54) is 41.6 Å². The minimum Gasteiger partial charge on any atom is -0.295 e. The summed E-state index contributed by atoms with van der Waals surface area (Å²) in [7, 11) is -7.76. The zero-order chi connectivity index (χ0) is 22.9. The van der Waals surface area contributed by atoms with E-state index in [4.69, 9.17) is 0 Å². The normalized spacial score (nSPS) is 14.0. The van der Waals surface area contributed by atoms with Gasteiger partial charge in [0.2, 0.25) is 0 Å². The molecule has 0 unspecified atom stereocenters. The van der Waals surface area contributed by atoms with Crippen molar-refractivity contribution in [3.63, 3.8) is 0 Å². The van der Waals surface area contributed by atoms with Gasteiger partial charge in [-0.3, -0.25) is 13.8 Å². The molecule has 0 saturated heterocycles. The van der Waals surface area contributed by atoms with Crippen LogP contribution in [0.15, 0.2) is 82.6 Å². The lowest BCUT2D eigenvalue weighted by Crippen LogP contribution is -2.35. The number of carbonyl (C=O) groups is 1. The molecule has 4 rings (SSSR count). The molecule has 166 valence electrons. The average Bonchev–Trinajstić information content (AvgIpc) is 2.79. The summed E-state index contributed by atoms with van der Waals surface area (Å²) < 4.78 is 56.1. The summed E-state index contributed by atoms with van der Waals surface area (Å²) in [5.41, 5.74) is 1.82. The minimum atomic E-state index is -3.97. The van der Waals surface area contributed by atoms with Gasteiger partial charge in [-0.25, -0.2) is 16.8 Å². The van der Waals surface area contributed by atoms with E-state index in [9.17, 15) is 21.6 Å². The molecule has 1 N–H and O–H groups in total. The molecule has 0 radical (unpaired) electrons. The Morgan fingerprint density at radius 3 is 2.31 bits per heavy atom. The summed E-state index contributed by atoms with van der Waals surface area (Å²) in [6.07, 6.45) is 1.37. The van der Waals surface area contributed by atoms with Crippen LogP contribution in [0.4, 0.5) is 11.4 Å². The van der Waals surface area contributed by atoms with Crippen molar-refractivity contribution in [2.24, 2.45) is 0 Å². The Hall–Kier alpha value is -3.17. The Morgan fingerprint density at radius 2 is 1.59 bits per heavy atom. The van der Waals surface area contributed by atoms with Crippen molar-refractivity contribution in [3.8, 4) is 0 Å². The van der Waals surface area contributed by atoms with E-state index in [0.29, 0.717) is 30.6 Å². The van der Waals surface area contributed by atoms with Crippen LogP contribution in [0.5, 0.6) is 0 Å². The first-order chi connectivity index (χ1) is 15.2. The number of fused-ring (bicyclic) bond motifs is 1. The monoisotopic (exact) mass is 470 g/mol. The number of hydrogen-bond acceptors (Lipinski definition) is 5. The van der Waals surface area contributed by atoms with Gasteiger partial charge >= 0.3 is 0 Å². The van der Waals surface area contributed by atoms with Crippen LogP contribution in [0.2, 0.25) is 0 Å². The van der Waals surface area contributed by atoms with E-state index in [2.05, 4.69) is 4.72 Å². The van der Waals surface area contributed by atoms with Crippen LogP contribution in [-0.2, 0) is 26.5 Å². The Bertz CT molecular complexity index is 1380. The molecule has 32 heavy (non-hydrogen) atoms. The predicted molar refractivity (Wildman–Crippen MR) is 123 cm³/mol. The van der Waals surface area contributed by atoms with Gasteiger partial charge in [0.25, 0.3) is 20.0 Å². The molecule has 3 aromatic rings. The fourth-order valence-corrected chi connectivity index (χ4v) is 6.32. The van der Waals surface area contributed by atoms with Crippen molar-refractivity contribution in [1.29, 1.82) is 0 Å². The van der Waals surface area contributed by atoms with Gasteiger partial charge in [-0.2, -0.15) is 0 Å². The summed E-state index contributed by atoms with van der Waals surface area (Å²) in [4.78, 5) is 11.7. The van der Waals surface area contributed by atoms with E-state index in [-0.39, 0.29) is 21.3 Å². The maximum atomic E-state index is 13.2. The lowest BCUT2D eigenvalue weighted by Gasteiger charge is -2.31. The largest absolute Gasteiger partial charge is 0.295 e. The number of benzene rings is 3. The van der Waals surface area contributed by atoms with Gasteiger partial charge in [0.1, 0.15) is 0 Å². The van der Waals surface area contributed by atoms with Gasteiger partial charge in [-0.05, 0) is 61.7 Å². The summed E-state index contributed by atoms with van der Waals surface area (Å²) in [6.45, 7) is 1.67. The third-order valence-electron chi connectivity index (χ3n) is 5.30. The van der Waals surface area contributed by atoms with Crippen LogP contribution in [0, 0.1) is 0 Å². The van der Waals surface area contributed by atoms with Crippen molar-refractivity contribution < 1.29 is 21.6 Å². The molecule has 3 aromatic carbocycles. The van der Waals surface area contributed by atoms with Crippen LogP contribution in [0.3, 0.4) is 0 Å². The zero-order valence-corrected chi connectivity index (χ0v) is 19.0. The molecule has 0 aromatic heterocycles. The second-order valence-electron chi connectivity index (χ2n) is 7.53. The maximum Gasteiger partial charge on any atom is 0.264 e. The Labute approximate surface area is 187 Å². The number of nitrogens with one attached hydrogen (secondary N) is 1. The van der Waals surface area contributed by atoms with E-state index in [1.807, 2.05) is 0 Å². The molecule has 9 heteroatoms. The predicted octanol–water partition coefficient (Wildman–Crippen LogP) is 3.83. The molecule has 0 amide bonds. The SMILES string of the molecule is CC(=O)c1cccc(S(=O)(=O)Nc2ccc3c(c2)N(S(=O)(=O)c2ccccc2)CCC3)c1. The van der Waals surface area contributed by atoms with E-state index in [0.717, 1.165) is 5.56 Å². The van der Waals surface area contributed by atoms with Crippen molar-refractivity contribution in [2.75, 3.05) is 15.6 Å². The maximum absolute atomic E-state index is 13.2. The van der Waals surface area contributed by atoms with Gasteiger partial charge in [-0.15, -0.1) is 0 Å². The smallest absolute Gasteiger partial charge is 0.264 e. The number of rotatable bonds is 6. The zero-order valence-electron chi connectivity index (χ0n) is 17.4. The molecule has 7 nitrogen and oxygen atoms in total. The summed E-state index contributed by atoms with van der Waals surface area (Å²) in [5.74, 6) is -0.238. The molecule has 1 heterocycles. The number of Topliss-reactive ketones (excluding diaryl/α,β-unsaturated/α-hetero) is 1. The number of nitrogens with zero attached hydrogens (tertiary/aromatic N) is 1. The molecule has 0 saturated carbocycles. The Morgan fingerprint density at radius 1 is 0.875 bits per heavy atom. The Balaban J connectivity index is 1.70. The highest BCUT2D eigenvalue weighted by molar-refractivity contribution is 7.93. The number of sulfonamides is 2. The molecule has 0 fully saturated rings. The summed E-state index contributed by atoms with van der Waals surface area (Å²) >= 11 is 0. The molecular weight excluding hydrogens is 448 g/mol. The fraction of sp³-hybridized carbons (Fsp3) is 0.174. The average molecular weight is 471 g/mol. The summed E-state index contributed by atoms with van der Waals surface area (Å²) in [5, 5.41) is 0. The lowest BCUT2D eigenvalue weighted by molar-refractivity contribution is 0.101. The number of anilines is 2. The van der Waals surface area contributed by atoms with Gasteiger partial charge in [0.15, 0.2) is 5.78 Å². The minimum absolute atomic E-state index is 0.0447. The van der Waals surface area contributed by atoms with E-state index >= 15 is 0 Å². The first-order valence-corrected chi connectivity index (χ1v) is 13.0. The second-order valence-corrected chi connectivity index (χ2v) is 11.1. The van der Waals surface area contributed by atoms with Crippen molar-refractivity contribution in [2.45, 2.75) is 29.6 Å². The number of aryl methyl sites for hydroxylation is 1. The molecular formula is C23H22N2O5S2. The van der Waals surface area contributed by atoms with Crippen LogP contribution in [0.25, 0.3) is 0 Å². The topological polar surface area (TPSA) is 101 Å². The third kappa shape index (κ3) is 4.26. The molecule has 0 aliphatic carbocycles. The van der Waals surface area contributed by atoms with Gasteiger partial charge in [0, 0.05) is 12.1 Å². The molecule has 0 atom stereocenters. The van der Waals surface area contributed by atoms with Crippen LogP contribution in [-0.4, -0.2) is 29.2 Å². The molecule has 0 spiro atoms. The molecule has 1 aliphatic heterocycles. The van der Waals surface area contributed by atoms with Crippen LogP contribution >= 0.6 is 0 Å². The number of hydrogen-bond donors (Lipinski definition) is 1. The van der Waals surface area contributed by atoms with E-state index in [1.54, 1.807) is 42.5 Å². The first kappa shape index (κ1) is 22.0. The highest BCUT2D eigenvalue weighted by Crippen LogP contribution is 2.34. The lowest BCUT2D eigenvalue weighted by atomic mass is 10.0. The van der Waals surface area contributed by atoms with Gasteiger partial charge in [-0.1, -0.05) is 36.4 Å². The van der Waals surface area contributed by atoms with Crippen molar-refractivity contribution in [1.82, 2.24) is 0 Å². The standard InChI is InChI=1S/C23H22N2O5S2/c1-17(26)19-7-5-11-22(15-19)31(27,28)24-20-13-12-18-8-6-14-25(23(18)16-20)32(29,30)21-9-3-2-4-10-21/h2-5,7,9-13,15-16,24H,6,8,14H2,1H3. The second kappa shape index (κ2) is 8.40. The molecule has 1 aliphatic rings. The van der Waals surface area contributed by atoms with Crippen molar-refractivity contribution in [3.05, 3.63) is 83.9 Å². The molecule has 0 bridgehead atoms. The number of carbonyl (C=O) groups excluding carboxylic acids is 1. The highest BCUT2D eigenvalue weighted by atomic mass is 32.2. The summed E-state index contributed by atoms with van der Waals surface area (Å²) in [6, 6.07) is 18.8.